The number of quaternary nitrogens is 1. The van der Waals surface area contributed by atoms with Crippen LogP contribution in [0.2, 0.25) is 0 Å². The standard InChI is InChI=1S/C18H21FN3O2S2/c1-17(2)16(20)26-18(3,11-22(17,23)24)13-10-12(7-8-14(13)19)25-15-6-4-5-9-21-15/h4-10,16H,11,20H2,1-3H3/q-1/t16-,18?/m1/s1. The van der Waals surface area contributed by atoms with E-state index in [2.05, 4.69) is 4.98 Å². The van der Waals surface area contributed by atoms with Gasteiger partial charge < -0.3 is 21.0 Å². The topological polar surface area (TPSA) is 85.0 Å². The quantitative estimate of drug-likeness (QED) is 0.620. The van der Waals surface area contributed by atoms with Crippen LogP contribution in [0.1, 0.15) is 26.3 Å². The maximum Gasteiger partial charge on any atom is 0.128 e. The fraction of sp³-hybridized carbons (Fsp3) is 0.389. The summed E-state index contributed by atoms with van der Waals surface area (Å²) in [4.78, 5) is 3.28. The molecule has 5 nitrogen and oxygen atoms in total. The highest BCUT2D eigenvalue weighted by Crippen LogP contribution is 2.51. The van der Waals surface area contributed by atoms with Crippen LogP contribution in [-0.2, 0) is 4.75 Å². The van der Waals surface area contributed by atoms with Crippen LogP contribution < -0.4 is 5.73 Å². The summed E-state index contributed by atoms with van der Waals surface area (Å²) in [6.07, 6.45) is 1.69. The molecule has 1 aliphatic rings. The Kier molecular flexibility index (Phi) is 5.11. The Morgan fingerprint density at radius 1 is 1.27 bits per heavy atom. The summed E-state index contributed by atoms with van der Waals surface area (Å²) in [5.74, 6) is -0.447. The summed E-state index contributed by atoms with van der Waals surface area (Å²) >= 11 is 2.67. The van der Waals surface area contributed by atoms with Crippen LogP contribution in [-0.4, -0.2) is 27.3 Å². The van der Waals surface area contributed by atoms with Gasteiger partial charge in [-0.25, -0.2) is 9.37 Å². The Labute approximate surface area is 160 Å². The summed E-state index contributed by atoms with van der Waals surface area (Å²) < 4.78 is 13.6. The molecular formula is C18H21FN3O2S2-. The second-order valence-corrected chi connectivity index (χ2v) is 9.90. The fourth-order valence-electron chi connectivity index (χ4n) is 2.91. The number of thioether (sulfide) groups is 1. The lowest BCUT2D eigenvalue weighted by Crippen LogP contribution is -2.68. The molecule has 2 aromatic rings. The maximum absolute atomic E-state index is 14.6. The number of hydrogen-bond acceptors (Lipinski definition) is 6. The van der Waals surface area contributed by atoms with Crippen molar-refractivity contribution in [3.8, 4) is 0 Å². The molecule has 2 atom stereocenters. The van der Waals surface area contributed by atoms with Crippen molar-refractivity contribution in [2.45, 2.75) is 46.4 Å². The minimum absolute atomic E-state index is 0.299. The Hall–Kier alpha value is -1.16. The van der Waals surface area contributed by atoms with Gasteiger partial charge in [0.2, 0.25) is 0 Å². The molecule has 1 aromatic carbocycles. The van der Waals surface area contributed by atoms with Gasteiger partial charge >= 0.3 is 0 Å². The zero-order chi connectivity index (χ0) is 19.2. The molecule has 0 spiro atoms. The van der Waals surface area contributed by atoms with E-state index in [1.165, 1.54) is 29.6 Å². The number of hydrogen-bond donors (Lipinski definition) is 1. The molecule has 1 aliphatic heterocycles. The summed E-state index contributed by atoms with van der Waals surface area (Å²) in [6.45, 7) is 4.54. The van der Waals surface area contributed by atoms with Gasteiger partial charge in [0.1, 0.15) is 21.8 Å². The van der Waals surface area contributed by atoms with Gasteiger partial charge in [-0.15, -0.1) is 11.8 Å². The van der Waals surface area contributed by atoms with Crippen LogP contribution in [0.25, 0.3) is 0 Å². The second-order valence-electron chi connectivity index (χ2n) is 7.17. The van der Waals surface area contributed by atoms with Crippen LogP contribution in [0, 0.1) is 16.2 Å². The molecular weight excluding hydrogens is 373 g/mol. The van der Waals surface area contributed by atoms with Crippen LogP contribution in [0.4, 0.5) is 4.39 Å². The zero-order valence-electron chi connectivity index (χ0n) is 14.8. The minimum atomic E-state index is -1.76. The van der Waals surface area contributed by atoms with E-state index in [1.54, 1.807) is 39.1 Å². The lowest BCUT2D eigenvalue weighted by Gasteiger charge is -2.65. The summed E-state index contributed by atoms with van der Waals surface area (Å²) in [5, 5.41) is 25.3. The molecule has 3 rings (SSSR count). The average molecular weight is 395 g/mol. The van der Waals surface area contributed by atoms with Crippen LogP contribution in [0.3, 0.4) is 0 Å². The minimum Gasteiger partial charge on any atom is -0.631 e. The first-order chi connectivity index (χ1) is 12.1. The number of aromatic nitrogens is 1. The van der Waals surface area contributed by atoms with Crippen molar-refractivity contribution in [3.05, 3.63) is 64.4 Å². The third-order valence-electron chi connectivity index (χ3n) is 4.84. The largest absolute Gasteiger partial charge is 0.631 e. The number of rotatable bonds is 3. The van der Waals surface area contributed by atoms with Gasteiger partial charge in [0.25, 0.3) is 0 Å². The van der Waals surface area contributed by atoms with Crippen molar-refractivity contribution in [2.75, 3.05) is 6.54 Å². The molecule has 26 heavy (non-hydrogen) atoms. The van der Waals surface area contributed by atoms with Gasteiger partial charge in [-0.2, -0.15) is 0 Å². The molecule has 1 saturated heterocycles. The Balaban J connectivity index is 1.96. The number of nitrogens with two attached hydrogens (primary N) is 1. The number of benzene rings is 1. The maximum atomic E-state index is 14.6. The normalized spacial score (nSPS) is 27.3. The third kappa shape index (κ3) is 3.49. The molecule has 8 heteroatoms. The van der Waals surface area contributed by atoms with Crippen molar-refractivity contribution in [3.63, 3.8) is 0 Å². The van der Waals surface area contributed by atoms with Gasteiger partial charge in [0.05, 0.1) is 11.3 Å². The van der Waals surface area contributed by atoms with Gasteiger partial charge in [0.15, 0.2) is 0 Å². The molecule has 0 amide bonds. The molecule has 0 bridgehead atoms. The molecule has 1 fully saturated rings. The van der Waals surface area contributed by atoms with E-state index >= 15 is 0 Å². The molecule has 0 aliphatic carbocycles. The van der Waals surface area contributed by atoms with E-state index in [-0.39, 0.29) is 6.54 Å². The number of pyridine rings is 1. The number of halogens is 1. The highest BCUT2D eigenvalue weighted by atomic mass is 32.2. The molecule has 2 heterocycles. The van der Waals surface area contributed by atoms with Gasteiger partial charge in [-0.1, -0.05) is 17.8 Å². The highest BCUT2D eigenvalue weighted by molar-refractivity contribution is 8.01. The summed E-state index contributed by atoms with van der Waals surface area (Å²) in [7, 11) is 0. The first-order valence-corrected chi connectivity index (χ1v) is 9.87. The van der Waals surface area contributed by atoms with Crippen LogP contribution in [0.15, 0.2) is 52.5 Å². The Morgan fingerprint density at radius 2 is 2.00 bits per heavy atom. The van der Waals surface area contributed by atoms with Gasteiger partial charge in [-0.05, 0) is 51.1 Å². The Morgan fingerprint density at radius 3 is 2.62 bits per heavy atom. The monoisotopic (exact) mass is 394 g/mol. The lowest BCUT2D eigenvalue weighted by molar-refractivity contribution is -0.885. The van der Waals surface area contributed by atoms with E-state index in [0.717, 1.165) is 9.92 Å². The second kappa shape index (κ2) is 6.78. The van der Waals surface area contributed by atoms with Crippen LogP contribution in [0.5, 0.6) is 0 Å². The van der Waals surface area contributed by atoms with Crippen molar-refractivity contribution >= 4 is 23.5 Å². The van der Waals surface area contributed by atoms with Crippen molar-refractivity contribution < 1.29 is 9.20 Å². The van der Waals surface area contributed by atoms with E-state index in [0.29, 0.717) is 5.56 Å². The van der Waals surface area contributed by atoms with Gasteiger partial charge in [0, 0.05) is 16.7 Å². The van der Waals surface area contributed by atoms with E-state index in [9.17, 15) is 14.8 Å². The molecule has 2 N–H and O–H groups in total. The Bertz CT molecular complexity index is 804. The first kappa shape index (κ1) is 19.6. The van der Waals surface area contributed by atoms with E-state index in [4.69, 9.17) is 5.73 Å². The fourth-order valence-corrected chi connectivity index (χ4v) is 5.26. The third-order valence-corrected chi connectivity index (χ3v) is 7.48. The molecule has 1 aromatic heterocycles. The molecule has 0 saturated carbocycles. The predicted octanol–water partition coefficient (Wildman–Crippen LogP) is 4.21. The first-order valence-electron chi connectivity index (χ1n) is 8.18. The SMILES string of the molecule is CC1(c2cc(Sc3ccccn3)ccc2F)C[N+]([O-])([O-])C(C)(C)[C@H](N)S1. The van der Waals surface area contributed by atoms with Crippen LogP contribution >= 0.6 is 23.5 Å². The van der Waals surface area contributed by atoms with Crippen molar-refractivity contribution in [1.82, 2.24) is 4.98 Å². The average Bonchev–Trinajstić information content (AvgIpc) is 2.55. The predicted molar refractivity (Wildman–Crippen MR) is 104 cm³/mol. The summed E-state index contributed by atoms with van der Waals surface area (Å²) in [6, 6.07) is 10.3. The smallest absolute Gasteiger partial charge is 0.128 e. The highest BCUT2D eigenvalue weighted by Gasteiger charge is 2.51. The van der Waals surface area contributed by atoms with E-state index in [1.807, 2.05) is 18.2 Å². The lowest BCUT2D eigenvalue weighted by atomic mass is 9.95. The van der Waals surface area contributed by atoms with Gasteiger partial charge in [-0.3, -0.25) is 0 Å². The zero-order valence-corrected chi connectivity index (χ0v) is 16.4. The summed E-state index contributed by atoms with van der Waals surface area (Å²) in [5.41, 5.74) is 5.25. The number of nitrogens with zero attached hydrogens (tertiary/aromatic N) is 2. The number of hydroxylamine groups is 4. The molecule has 140 valence electrons. The molecule has 1 unspecified atom stereocenters. The van der Waals surface area contributed by atoms with E-state index < -0.39 is 26.3 Å². The molecule has 0 radical (unpaired) electrons. The van der Waals surface area contributed by atoms with Crippen molar-refractivity contribution in [2.24, 2.45) is 5.73 Å². The van der Waals surface area contributed by atoms with Crippen molar-refractivity contribution in [1.29, 1.82) is 0 Å².